The van der Waals surface area contributed by atoms with Gasteiger partial charge in [0, 0.05) is 13.1 Å². The van der Waals surface area contributed by atoms with E-state index in [1.165, 1.54) is 11.1 Å². The minimum absolute atomic E-state index is 0.0436. The van der Waals surface area contributed by atoms with Crippen LogP contribution in [0.3, 0.4) is 0 Å². The van der Waals surface area contributed by atoms with Crippen molar-refractivity contribution in [1.29, 1.82) is 0 Å². The third-order valence-electron chi connectivity index (χ3n) is 9.49. The number of hydrogen-bond acceptors (Lipinski definition) is 7. The average molecular weight is 700 g/mol. The van der Waals surface area contributed by atoms with Gasteiger partial charge in [-0.1, -0.05) is 135 Å². The number of halogens is 1. The van der Waals surface area contributed by atoms with Crippen molar-refractivity contribution in [2.24, 2.45) is 10.8 Å². The van der Waals surface area contributed by atoms with E-state index < -0.39 is 0 Å². The highest BCUT2D eigenvalue weighted by Crippen LogP contribution is 2.42. The van der Waals surface area contributed by atoms with Gasteiger partial charge in [-0.15, -0.1) is 0 Å². The number of nitrogens with zero attached hydrogens (tertiary/aromatic N) is 3. The van der Waals surface area contributed by atoms with Crippen LogP contribution in [0.15, 0.2) is 24.3 Å². The highest BCUT2D eigenvalue weighted by atomic mass is 35.5. The molecule has 0 bridgehead atoms. The standard InChI is InChI=1S/C41H70ClN5O2/c1-36(2,3)30-17-28(18-31(34(30)48)37(4,5)6)21-40(13,14)23-43-46-25-45(42)26-47(27-46)44-24-41(15,16)22-29-19-32(38(7,8)9)35(49)33(20-29)39(10,11)12/h17-20,43-44,48-49H,21-27H2,1-16H3. The number of hydrazine groups is 2. The fourth-order valence-corrected chi connectivity index (χ4v) is 6.93. The lowest BCUT2D eigenvalue weighted by Gasteiger charge is -2.42. The molecular formula is C41H70ClN5O2. The monoisotopic (exact) mass is 700 g/mol. The molecule has 49 heavy (non-hydrogen) atoms. The molecule has 2 aromatic rings. The summed E-state index contributed by atoms with van der Waals surface area (Å²) in [6, 6.07) is 8.81. The molecule has 1 fully saturated rings. The van der Waals surface area contributed by atoms with Gasteiger partial charge in [-0.3, -0.25) is 10.9 Å². The molecular weight excluding hydrogens is 630 g/mol. The van der Waals surface area contributed by atoms with E-state index in [2.05, 4.69) is 156 Å². The van der Waals surface area contributed by atoms with E-state index in [4.69, 9.17) is 11.8 Å². The molecule has 1 heterocycles. The van der Waals surface area contributed by atoms with Crippen molar-refractivity contribution >= 4 is 11.8 Å². The van der Waals surface area contributed by atoms with Crippen LogP contribution in [0.5, 0.6) is 11.5 Å². The molecule has 0 spiro atoms. The van der Waals surface area contributed by atoms with E-state index in [9.17, 15) is 10.2 Å². The average Bonchev–Trinajstić information content (AvgIpc) is 2.89. The fraction of sp³-hybridized carbons (Fsp3) is 0.707. The summed E-state index contributed by atoms with van der Waals surface area (Å²) < 4.78 is 1.79. The first-order valence-corrected chi connectivity index (χ1v) is 18.4. The van der Waals surface area contributed by atoms with Crippen LogP contribution < -0.4 is 10.9 Å². The number of aromatic hydroxyl groups is 2. The van der Waals surface area contributed by atoms with Gasteiger partial charge in [-0.05, 0) is 90.5 Å². The zero-order chi connectivity index (χ0) is 37.5. The number of phenolic OH excluding ortho intramolecular Hbond substituents is 2. The van der Waals surface area contributed by atoms with Crippen molar-refractivity contribution in [3.05, 3.63) is 57.6 Å². The first-order chi connectivity index (χ1) is 22.0. The topological polar surface area (TPSA) is 74.2 Å². The molecule has 1 saturated heterocycles. The summed E-state index contributed by atoms with van der Waals surface area (Å²) in [5, 5.41) is 26.8. The summed E-state index contributed by atoms with van der Waals surface area (Å²) >= 11 is 6.66. The molecule has 1 aliphatic heterocycles. The van der Waals surface area contributed by atoms with Crippen LogP contribution in [0.25, 0.3) is 0 Å². The minimum atomic E-state index is -0.153. The van der Waals surface area contributed by atoms with Crippen LogP contribution in [0.1, 0.15) is 144 Å². The molecule has 0 radical (unpaired) electrons. The Morgan fingerprint density at radius 1 is 0.510 bits per heavy atom. The van der Waals surface area contributed by atoms with Crippen LogP contribution >= 0.6 is 11.8 Å². The Labute approximate surface area is 304 Å². The first-order valence-electron chi connectivity index (χ1n) is 18.1. The maximum Gasteiger partial charge on any atom is 0.123 e. The molecule has 0 aliphatic carbocycles. The van der Waals surface area contributed by atoms with Crippen molar-refractivity contribution < 1.29 is 10.2 Å². The van der Waals surface area contributed by atoms with Gasteiger partial charge in [-0.2, -0.15) is 4.42 Å². The Morgan fingerprint density at radius 2 is 0.776 bits per heavy atom. The molecule has 1 aliphatic rings. The van der Waals surface area contributed by atoms with E-state index in [0.717, 1.165) is 48.2 Å². The lowest BCUT2D eigenvalue weighted by Crippen LogP contribution is -2.61. The molecule has 0 amide bonds. The Hall–Kier alpha value is -1.87. The van der Waals surface area contributed by atoms with Crippen molar-refractivity contribution in [2.75, 3.05) is 33.1 Å². The third-order valence-corrected chi connectivity index (χ3v) is 9.70. The van der Waals surface area contributed by atoms with Crippen LogP contribution in [-0.2, 0) is 34.5 Å². The Morgan fingerprint density at radius 3 is 1.02 bits per heavy atom. The maximum atomic E-state index is 11.2. The molecule has 0 saturated carbocycles. The first kappa shape index (κ1) is 41.5. The predicted octanol–water partition coefficient (Wildman–Crippen LogP) is 9.08. The number of benzene rings is 2. The molecule has 4 N–H and O–H groups in total. The number of phenols is 2. The van der Waals surface area contributed by atoms with Crippen LogP contribution in [0.4, 0.5) is 0 Å². The zero-order valence-corrected chi connectivity index (χ0v) is 34.6. The van der Waals surface area contributed by atoms with Crippen LogP contribution in [0, 0.1) is 10.8 Å². The smallest absolute Gasteiger partial charge is 0.123 e. The van der Waals surface area contributed by atoms with Crippen LogP contribution in [-0.4, -0.2) is 57.7 Å². The SMILES string of the molecule is CC(C)(CNN1CN(Cl)CN(NCC(C)(C)Cc2cc(C(C)(C)C)c(O)c(C(C)(C)C)c2)C1)Cc1cc(C(C)(C)C)c(O)c(C(C)(C)C)c1. The summed E-state index contributed by atoms with van der Waals surface area (Å²) in [5.74, 6) is 0.858. The molecule has 0 aromatic heterocycles. The van der Waals surface area contributed by atoms with E-state index in [-0.39, 0.29) is 32.5 Å². The van der Waals surface area contributed by atoms with Gasteiger partial charge in [0.1, 0.15) is 11.5 Å². The largest absolute Gasteiger partial charge is 0.507 e. The summed E-state index contributed by atoms with van der Waals surface area (Å²) in [4.78, 5) is 0. The lowest BCUT2D eigenvalue weighted by atomic mass is 9.76. The van der Waals surface area contributed by atoms with Gasteiger partial charge < -0.3 is 10.2 Å². The second-order valence-corrected chi connectivity index (χ2v) is 20.9. The van der Waals surface area contributed by atoms with Gasteiger partial charge in [0.15, 0.2) is 0 Å². The highest BCUT2D eigenvalue weighted by molar-refractivity contribution is 6.13. The molecule has 2 aromatic carbocycles. The number of hydrogen-bond donors (Lipinski definition) is 4. The molecule has 278 valence electrons. The van der Waals surface area contributed by atoms with Gasteiger partial charge >= 0.3 is 0 Å². The summed E-state index contributed by atoms with van der Waals surface area (Å²) in [5.41, 5.74) is 13.2. The van der Waals surface area contributed by atoms with Crippen molar-refractivity contribution in [3.63, 3.8) is 0 Å². The fourth-order valence-electron chi connectivity index (χ4n) is 6.67. The molecule has 7 nitrogen and oxygen atoms in total. The van der Waals surface area contributed by atoms with Crippen molar-refractivity contribution in [1.82, 2.24) is 25.3 Å². The molecule has 0 unspecified atom stereocenters. The maximum absolute atomic E-state index is 11.2. The van der Waals surface area contributed by atoms with Crippen molar-refractivity contribution in [2.45, 2.75) is 145 Å². The summed E-state index contributed by atoms with van der Waals surface area (Å²) in [6.07, 6.45) is 1.76. The number of nitrogens with one attached hydrogen (secondary N) is 2. The predicted molar refractivity (Wildman–Crippen MR) is 208 cm³/mol. The molecule has 0 atom stereocenters. The molecule has 3 rings (SSSR count). The summed E-state index contributed by atoms with van der Waals surface area (Å²) in [6.45, 7) is 38.6. The Bertz CT molecular complexity index is 1260. The van der Waals surface area contributed by atoms with E-state index in [1.54, 1.807) is 4.42 Å². The zero-order valence-electron chi connectivity index (χ0n) is 33.9. The second-order valence-electron chi connectivity index (χ2n) is 20.4. The van der Waals surface area contributed by atoms with Gasteiger partial charge in [-0.25, -0.2) is 10.0 Å². The summed E-state index contributed by atoms with van der Waals surface area (Å²) in [7, 11) is 0. The molecule has 8 heteroatoms. The van der Waals surface area contributed by atoms with Gasteiger partial charge in [0.05, 0.1) is 20.0 Å². The minimum Gasteiger partial charge on any atom is -0.507 e. The Balaban J connectivity index is 1.68. The van der Waals surface area contributed by atoms with Crippen molar-refractivity contribution in [3.8, 4) is 11.5 Å². The highest BCUT2D eigenvalue weighted by Gasteiger charge is 2.32. The lowest BCUT2D eigenvalue weighted by molar-refractivity contribution is -0.0548. The quantitative estimate of drug-likeness (QED) is 0.184. The van der Waals surface area contributed by atoms with E-state index >= 15 is 0 Å². The van der Waals surface area contributed by atoms with Gasteiger partial charge in [0.25, 0.3) is 0 Å². The van der Waals surface area contributed by atoms with E-state index in [0.29, 0.717) is 31.5 Å². The second kappa shape index (κ2) is 14.6. The third kappa shape index (κ3) is 11.6. The number of rotatable bonds is 10. The Kier molecular flexibility index (Phi) is 12.4. The van der Waals surface area contributed by atoms with Gasteiger partial charge in [0.2, 0.25) is 0 Å². The van der Waals surface area contributed by atoms with Crippen LogP contribution in [0.2, 0.25) is 0 Å². The normalized spacial score (nSPS) is 16.8. The van der Waals surface area contributed by atoms with E-state index in [1.807, 2.05) is 0 Å².